The molecule has 1 atom stereocenters. The summed E-state index contributed by atoms with van der Waals surface area (Å²) in [6.07, 6.45) is 0. The third kappa shape index (κ3) is 4.11. The minimum atomic E-state index is -0.333. The zero-order valence-corrected chi connectivity index (χ0v) is 17.9. The van der Waals surface area contributed by atoms with Gasteiger partial charge < -0.3 is 5.32 Å². The molecular formula is C27H21FN4O. The Morgan fingerprint density at radius 3 is 2.27 bits per heavy atom. The Morgan fingerprint density at radius 1 is 0.909 bits per heavy atom. The first kappa shape index (κ1) is 20.6. The number of H-pyrrole nitrogens is 1. The topological polar surface area (TPSA) is 70.7 Å². The molecule has 1 amide bonds. The highest BCUT2D eigenvalue weighted by Crippen LogP contribution is 2.31. The van der Waals surface area contributed by atoms with Crippen LogP contribution in [0, 0.1) is 5.82 Å². The van der Waals surface area contributed by atoms with Crippen LogP contribution in [0.4, 0.5) is 4.39 Å². The van der Waals surface area contributed by atoms with Crippen LogP contribution < -0.4 is 5.32 Å². The van der Waals surface area contributed by atoms with E-state index >= 15 is 0 Å². The van der Waals surface area contributed by atoms with Gasteiger partial charge in [-0.3, -0.25) is 9.89 Å². The van der Waals surface area contributed by atoms with E-state index in [0.717, 1.165) is 16.8 Å². The Bertz CT molecular complexity index is 1410. The second-order valence-corrected chi connectivity index (χ2v) is 7.83. The number of hydrogen-bond acceptors (Lipinski definition) is 3. The molecule has 0 bridgehead atoms. The molecule has 0 aliphatic rings. The van der Waals surface area contributed by atoms with Crippen molar-refractivity contribution in [2.75, 3.05) is 0 Å². The van der Waals surface area contributed by atoms with Gasteiger partial charge in [0.05, 0.1) is 28.4 Å². The zero-order chi connectivity index (χ0) is 22.8. The maximum atomic E-state index is 13.5. The second kappa shape index (κ2) is 8.67. The number of aromatic amines is 1. The third-order valence-corrected chi connectivity index (χ3v) is 5.62. The van der Waals surface area contributed by atoms with Gasteiger partial charge in [-0.1, -0.05) is 60.7 Å². The predicted octanol–water partition coefficient (Wildman–Crippen LogP) is 5.92. The summed E-state index contributed by atoms with van der Waals surface area (Å²) in [4.78, 5) is 18.2. The van der Waals surface area contributed by atoms with Crippen LogP contribution in [-0.2, 0) is 0 Å². The van der Waals surface area contributed by atoms with Gasteiger partial charge in [0.2, 0.25) is 0 Å². The molecule has 0 radical (unpaired) electrons. The highest BCUT2D eigenvalue weighted by atomic mass is 19.1. The van der Waals surface area contributed by atoms with Crippen LogP contribution in [0.25, 0.3) is 33.5 Å². The molecule has 6 heteroatoms. The number of rotatable bonds is 5. The van der Waals surface area contributed by atoms with Gasteiger partial charge in [0.15, 0.2) is 5.65 Å². The molecule has 2 aromatic heterocycles. The lowest BCUT2D eigenvalue weighted by Crippen LogP contribution is -2.27. The summed E-state index contributed by atoms with van der Waals surface area (Å²) in [5.41, 5.74) is 4.76. The molecule has 0 aliphatic carbocycles. The first-order valence-electron chi connectivity index (χ1n) is 10.7. The van der Waals surface area contributed by atoms with Crippen LogP contribution in [0.1, 0.15) is 28.9 Å². The summed E-state index contributed by atoms with van der Waals surface area (Å²) in [6, 6.07) is 27.1. The number of pyridine rings is 1. The van der Waals surface area contributed by atoms with Gasteiger partial charge >= 0.3 is 0 Å². The molecule has 2 heterocycles. The van der Waals surface area contributed by atoms with E-state index < -0.39 is 0 Å². The Kier molecular flexibility index (Phi) is 5.40. The number of aromatic nitrogens is 3. The van der Waals surface area contributed by atoms with Crippen LogP contribution >= 0.6 is 0 Å². The largest absolute Gasteiger partial charge is 0.345 e. The molecule has 0 aliphatic heterocycles. The Hall–Kier alpha value is -4.32. The highest BCUT2D eigenvalue weighted by Gasteiger charge is 2.21. The van der Waals surface area contributed by atoms with E-state index in [1.54, 1.807) is 18.2 Å². The van der Waals surface area contributed by atoms with Gasteiger partial charge in [0.1, 0.15) is 5.82 Å². The Morgan fingerprint density at radius 2 is 1.58 bits per heavy atom. The third-order valence-electron chi connectivity index (χ3n) is 5.62. The van der Waals surface area contributed by atoms with Crippen LogP contribution in [-0.4, -0.2) is 21.1 Å². The van der Waals surface area contributed by atoms with E-state index in [4.69, 9.17) is 0 Å². The first-order chi connectivity index (χ1) is 16.1. The highest BCUT2D eigenvalue weighted by molar-refractivity contribution is 6.11. The zero-order valence-electron chi connectivity index (χ0n) is 17.9. The quantitative estimate of drug-likeness (QED) is 0.359. The maximum absolute atomic E-state index is 13.5. The monoisotopic (exact) mass is 436 g/mol. The van der Waals surface area contributed by atoms with E-state index in [9.17, 15) is 9.18 Å². The molecule has 5 aromatic rings. The summed E-state index contributed by atoms with van der Waals surface area (Å²) in [6.45, 7) is 1.94. The summed E-state index contributed by atoms with van der Waals surface area (Å²) < 4.78 is 13.5. The van der Waals surface area contributed by atoms with Crippen molar-refractivity contribution in [2.24, 2.45) is 0 Å². The lowest BCUT2D eigenvalue weighted by molar-refractivity contribution is 0.0941. The fourth-order valence-corrected chi connectivity index (χ4v) is 3.88. The lowest BCUT2D eigenvalue weighted by Gasteiger charge is -2.15. The van der Waals surface area contributed by atoms with Gasteiger partial charge in [-0.15, -0.1) is 0 Å². The van der Waals surface area contributed by atoms with E-state index in [0.29, 0.717) is 27.9 Å². The smallest absolute Gasteiger partial charge is 0.252 e. The van der Waals surface area contributed by atoms with Crippen molar-refractivity contribution in [1.82, 2.24) is 20.5 Å². The van der Waals surface area contributed by atoms with Gasteiger partial charge in [-0.25, -0.2) is 9.37 Å². The van der Waals surface area contributed by atoms with Crippen LogP contribution in [0.5, 0.6) is 0 Å². The molecule has 33 heavy (non-hydrogen) atoms. The number of benzene rings is 3. The summed E-state index contributed by atoms with van der Waals surface area (Å²) in [7, 11) is 0. The van der Waals surface area contributed by atoms with Gasteiger partial charge in [-0.05, 0) is 42.8 Å². The normalized spacial score (nSPS) is 11.9. The van der Waals surface area contributed by atoms with Gasteiger partial charge in [0.25, 0.3) is 5.91 Å². The number of carbonyl (C=O) groups excluding carboxylic acids is 1. The molecule has 0 spiro atoms. The summed E-state index contributed by atoms with van der Waals surface area (Å²) >= 11 is 0. The van der Waals surface area contributed by atoms with Crippen molar-refractivity contribution in [3.05, 3.63) is 108 Å². The number of carbonyl (C=O) groups is 1. The SMILES string of the molecule is CC(NC(=O)c1cc(-c2ccc(F)cc2)nc2n[nH]c(-c3ccccc3)c12)c1ccccc1. The minimum absolute atomic E-state index is 0.191. The number of hydrogen-bond donors (Lipinski definition) is 2. The molecule has 162 valence electrons. The minimum Gasteiger partial charge on any atom is -0.345 e. The summed E-state index contributed by atoms with van der Waals surface area (Å²) in [5.74, 6) is -0.568. The van der Waals surface area contributed by atoms with Crippen molar-refractivity contribution < 1.29 is 9.18 Å². The van der Waals surface area contributed by atoms with Crippen LogP contribution in [0.2, 0.25) is 0 Å². The number of nitrogens with one attached hydrogen (secondary N) is 2. The number of fused-ring (bicyclic) bond motifs is 1. The molecule has 2 N–H and O–H groups in total. The molecular weight excluding hydrogens is 415 g/mol. The number of amides is 1. The molecule has 3 aromatic carbocycles. The fourth-order valence-electron chi connectivity index (χ4n) is 3.88. The van der Waals surface area contributed by atoms with Gasteiger partial charge in [0, 0.05) is 11.1 Å². The van der Waals surface area contributed by atoms with Gasteiger partial charge in [-0.2, -0.15) is 5.10 Å². The molecule has 5 rings (SSSR count). The van der Waals surface area contributed by atoms with E-state index in [1.807, 2.05) is 67.6 Å². The average molecular weight is 436 g/mol. The van der Waals surface area contributed by atoms with E-state index in [2.05, 4.69) is 20.5 Å². The van der Waals surface area contributed by atoms with Crippen molar-refractivity contribution in [1.29, 1.82) is 0 Å². The first-order valence-corrected chi connectivity index (χ1v) is 10.7. The molecule has 1 unspecified atom stereocenters. The maximum Gasteiger partial charge on any atom is 0.252 e. The van der Waals surface area contributed by atoms with E-state index in [1.165, 1.54) is 12.1 Å². The van der Waals surface area contributed by atoms with Crippen LogP contribution in [0.15, 0.2) is 91.0 Å². The predicted molar refractivity (Wildman–Crippen MR) is 127 cm³/mol. The molecule has 0 fully saturated rings. The molecule has 5 nitrogen and oxygen atoms in total. The molecule has 0 saturated heterocycles. The van der Waals surface area contributed by atoms with Crippen molar-refractivity contribution in [2.45, 2.75) is 13.0 Å². The average Bonchev–Trinajstić information content (AvgIpc) is 3.29. The second-order valence-electron chi connectivity index (χ2n) is 7.83. The number of halogens is 1. The van der Waals surface area contributed by atoms with Crippen molar-refractivity contribution >= 4 is 16.9 Å². The Balaban J connectivity index is 1.64. The molecule has 0 saturated carbocycles. The van der Waals surface area contributed by atoms with E-state index in [-0.39, 0.29) is 17.8 Å². The Labute approximate surface area is 190 Å². The lowest BCUT2D eigenvalue weighted by atomic mass is 10.0. The van der Waals surface area contributed by atoms with Crippen molar-refractivity contribution in [3.63, 3.8) is 0 Å². The van der Waals surface area contributed by atoms with Crippen molar-refractivity contribution in [3.8, 4) is 22.5 Å². The fraction of sp³-hybridized carbons (Fsp3) is 0.0741. The standard InChI is InChI=1S/C27H21FN4O/c1-17(18-8-4-2-5-9-18)29-27(33)22-16-23(19-12-14-21(28)15-13-19)30-26-24(22)25(31-32-26)20-10-6-3-7-11-20/h2-17H,1H3,(H,29,33)(H,30,31,32). The number of nitrogens with zero attached hydrogens (tertiary/aromatic N) is 2. The summed E-state index contributed by atoms with van der Waals surface area (Å²) in [5, 5.41) is 11.2. The van der Waals surface area contributed by atoms with Crippen LogP contribution in [0.3, 0.4) is 0 Å².